The van der Waals surface area contributed by atoms with E-state index < -0.39 is 28.7 Å². The number of hydrogen-bond acceptors (Lipinski definition) is 5. The molecule has 0 unspecified atom stereocenters. The number of rotatable bonds is 6. The van der Waals surface area contributed by atoms with Crippen molar-refractivity contribution < 1.29 is 23.9 Å². The monoisotopic (exact) mass is 444 g/mol. The van der Waals surface area contributed by atoms with Crippen molar-refractivity contribution >= 4 is 33.7 Å². The van der Waals surface area contributed by atoms with Gasteiger partial charge < -0.3 is 9.47 Å². The molecule has 5 nitrogen and oxygen atoms in total. The van der Waals surface area contributed by atoms with Crippen LogP contribution in [0, 0.1) is 10.8 Å². The van der Waals surface area contributed by atoms with Gasteiger partial charge in [0.2, 0.25) is 0 Å². The molecule has 1 aliphatic rings. The van der Waals surface area contributed by atoms with Gasteiger partial charge in [-0.2, -0.15) is 0 Å². The lowest BCUT2D eigenvalue weighted by atomic mass is 9.83. The SMILES string of the molecule is CC[C@@]1(C(=O)c2ccccc2)[C@@H](c2ccc(Br)cc2)C1(C(=O)OC)C(=O)OC. The van der Waals surface area contributed by atoms with Crippen molar-refractivity contribution in [3.05, 3.63) is 70.2 Å². The first-order valence-corrected chi connectivity index (χ1v) is 9.73. The number of Topliss-reactive ketones (excluding diaryl/α,β-unsaturated/α-hetero) is 1. The Hall–Kier alpha value is -2.47. The van der Waals surface area contributed by atoms with Crippen molar-refractivity contribution in [1.82, 2.24) is 0 Å². The molecule has 1 saturated carbocycles. The predicted molar refractivity (Wildman–Crippen MR) is 107 cm³/mol. The molecule has 0 aromatic heterocycles. The van der Waals surface area contributed by atoms with Gasteiger partial charge in [0.1, 0.15) is 0 Å². The molecule has 0 saturated heterocycles. The number of halogens is 1. The molecule has 0 bridgehead atoms. The van der Waals surface area contributed by atoms with Gasteiger partial charge in [0.15, 0.2) is 11.2 Å². The molecule has 0 spiro atoms. The zero-order valence-electron chi connectivity index (χ0n) is 15.9. The molecule has 2 aromatic rings. The Morgan fingerprint density at radius 3 is 1.93 bits per heavy atom. The van der Waals surface area contributed by atoms with Crippen LogP contribution in [0.1, 0.15) is 35.2 Å². The van der Waals surface area contributed by atoms with Gasteiger partial charge in [-0.05, 0) is 24.1 Å². The summed E-state index contributed by atoms with van der Waals surface area (Å²) in [5, 5.41) is 0. The van der Waals surface area contributed by atoms with Gasteiger partial charge >= 0.3 is 11.9 Å². The Kier molecular flexibility index (Phi) is 5.44. The minimum absolute atomic E-state index is 0.265. The van der Waals surface area contributed by atoms with E-state index in [1.807, 2.05) is 30.3 Å². The highest BCUT2D eigenvalue weighted by molar-refractivity contribution is 9.10. The van der Waals surface area contributed by atoms with E-state index in [0.717, 1.165) is 4.47 Å². The second-order valence-electron chi connectivity index (χ2n) is 6.80. The fourth-order valence-corrected chi connectivity index (χ4v) is 4.79. The first-order valence-electron chi connectivity index (χ1n) is 8.93. The smallest absolute Gasteiger partial charge is 0.324 e. The van der Waals surface area contributed by atoms with E-state index in [2.05, 4.69) is 15.9 Å². The zero-order valence-corrected chi connectivity index (χ0v) is 17.5. The van der Waals surface area contributed by atoms with E-state index in [9.17, 15) is 14.4 Å². The van der Waals surface area contributed by atoms with Crippen molar-refractivity contribution in [3.63, 3.8) is 0 Å². The van der Waals surface area contributed by atoms with Gasteiger partial charge in [-0.3, -0.25) is 14.4 Å². The summed E-state index contributed by atoms with van der Waals surface area (Å²) in [6.45, 7) is 1.81. The van der Waals surface area contributed by atoms with E-state index in [4.69, 9.17) is 9.47 Å². The van der Waals surface area contributed by atoms with Crippen molar-refractivity contribution in [2.45, 2.75) is 19.3 Å². The van der Waals surface area contributed by atoms with Gasteiger partial charge in [0.05, 0.1) is 19.6 Å². The molecule has 0 radical (unpaired) electrons. The Balaban J connectivity index is 2.26. The lowest BCUT2D eigenvalue weighted by molar-refractivity contribution is -0.163. The van der Waals surface area contributed by atoms with Gasteiger partial charge in [-0.1, -0.05) is 65.3 Å². The summed E-state index contributed by atoms with van der Waals surface area (Å²) >= 11 is 3.39. The van der Waals surface area contributed by atoms with Crippen LogP contribution in [0.15, 0.2) is 59.1 Å². The molecule has 146 valence electrons. The quantitative estimate of drug-likeness (QED) is 0.380. The number of ether oxygens (including phenoxy) is 2. The van der Waals surface area contributed by atoms with Crippen LogP contribution in [0.5, 0.6) is 0 Å². The predicted octanol–water partition coefficient (Wildman–Crippen LogP) is 4.16. The highest BCUT2D eigenvalue weighted by Gasteiger charge is 2.88. The number of hydrogen-bond donors (Lipinski definition) is 0. The van der Waals surface area contributed by atoms with Crippen molar-refractivity contribution in [1.29, 1.82) is 0 Å². The van der Waals surface area contributed by atoms with E-state index in [0.29, 0.717) is 11.1 Å². The van der Waals surface area contributed by atoms with Gasteiger partial charge in [-0.15, -0.1) is 0 Å². The highest BCUT2D eigenvalue weighted by atomic mass is 79.9. The maximum Gasteiger partial charge on any atom is 0.324 e. The van der Waals surface area contributed by atoms with Crippen LogP contribution in [0.25, 0.3) is 0 Å². The van der Waals surface area contributed by atoms with Crippen molar-refractivity contribution in [2.24, 2.45) is 10.8 Å². The molecule has 0 N–H and O–H groups in total. The van der Waals surface area contributed by atoms with E-state index in [-0.39, 0.29) is 12.2 Å². The summed E-state index contributed by atoms with van der Waals surface area (Å²) in [5.74, 6) is -2.44. The van der Waals surface area contributed by atoms with Crippen LogP contribution in [0.3, 0.4) is 0 Å². The second kappa shape index (κ2) is 7.51. The molecule has 0 heterocycles. The molecule has 0 amide bonds. The molecule has 6 heteroatoms. The van der Waals surface area contributed by atoms with E-state index in [1.54, 1.807) is 31.2 Å². The Morgan fingerprint density at radius 2 is 1.46 bits per heavy atom. The number of esters is 2. The van der Waals surface area contributed by atoms with Crippen LogP contribution in [0.2, 0.25) is 0 Å². The average Bonchev–Trinajstić information content (AvgIpc) is 3.38. The summed E-state index contributed by atoms with van der Waals surface area (Å²) in [4.78, 5) is 39.6. The average molecular weight is 445 g/mol. The van der Waals surface area contributed by atoms with Crippen LogP contribution < -0.4 is 0 Å². The fourth-order valence-electron chi connectivity index (χ4n) is 4.53. The Bertz CT molecular complexity index is 890. The summed E-state index contributed by atoms with van der Waals surface area (Å²) in [6.07, 6.45) is 0.283. The molecular weight excluding hydrogens is 424 g/mol. The third-order valence-corrected chi connectivity index (χ3v) is 6.29. The van der Waals surface area contributed by atoms with E-state index in [1.165, 1.54) is 14.2 Å². The number of carbonyl (C=O) groups excluding carboxylic acids is 3. The summed E-state index contributed by atoms with van der Waals surface area (Å²) in [5.41, 5.74) is -1.83. The lowest BCUT2D eigenvalue weighted by Gasteiger charge is -2.20. The maximum absolute atomic E-state index is 13.6. The fraction of sp³-hybridized carbons (Fsp3) is 0.318. The summed E-state index contributed by atoms with van der Waals surface area (Å²) in [7, 11) is 2.44. The topological polar surface area (TPSA) is 69.7 Å². The molecule has 2 atom stereocenters. The summed E-state index contributed by atoms with van der Waals surface area (Å²) in [6, 6.07) is 16.0. The van der Waals surface area contributed by atoms with Crippen LogP contribution in [-0.4, -0.2) is 31.9 Å². The van der Waals surface area contributed by atoms with Crippen LogP contribution in [0.4, 0.5) is 0 Å². The maximum atomic E-state index is 13.6. The minimum atomic E-state index is -1.72. The Morgan fingerprint density at radius 1 is 0.929 bits per heavy atom. The molecule has 1 aliphatic carbocycles. The van der Waals surface area contributed by atoms with Crippen LogP contribution >= 0.6 is 15.9 Å². The number of benzene rings is 2. The largest absolute Gasteiger partial charge is 0.468 e. The van der Waals surface area contributed by atoms with Crippen molar-refractivity contribution in [3.8, 4) is 0 Å². The van der Waals surface area contributed by atoms with Gasteiger partial charge in [0, 0.05) is 16.0 Å². The molecule has 0 aliphatic heterocycles. The highest BCUT2D eigenvalue weighted by Crippen LogP contribution is 2.77. The number of methoxy groups -OCH3 is 2. The third kappa shape index (κ3) is 2.62. The Labute approximate surface area is 172 Å². The standard InChI is InChI=1S/C22H21BrO5/c1-4-21(18(24)15-8-6-5-7-9-15)17(14-10-12-16(23)13-11-14)22(21,19(25)27-2)20(26)28-3/h5-13,17H,4H2,1-3H3/t17-,21+/m1/s1. The molecular formula is C22H21BrO5. The third-order valence-electron chi connectivity index (χ3n) is 5.76. The second-order valence-corrected chi connectivity index (χ2v) is 7.71. The van der Waals surface area contributed by atoms with Gasteiger partial charge in [0.25, 0.3) is 0 Å². The molecule has 1 fully saturated rings. The molecule has 3 rings (SSSR count). The van der Waals surface area contributed by atoms with Crippen LogP contribution in [-0.2, 0) is 19.1 Å². The zero-order chi connectivity index (χ0) is 20.5. The first-order chi connectivity index (χ1) is 13.4. The normalized spacial score (nSPS) is 22.2. The first kappa shape index (κ1) is 20.3. The number of carbonyl (C=O) groups is 3. The van der Waals surface area contributed by atoms with Crippen molar-refractivity contribution in [2.75, 3.05) is 14.2 Å². The molecule has 28 heavy (non-hydrogen) atoms. The summed E-state index contributed by atoms with van der Waals surface area (Å²) < 4.78 is 10.9. The number of ketones is 1. The minimum Gasteiger partial charge on any atom is -0.468 e. The molecule has 2 aromatic carbocycles. The van der Waals surface area contributed by atoms with Gasteiger partial charge in [-0.25, -0.2) is 0 Å². The lowest BCUT2D eigenvalue weighted by Crippen LogP contribution is -2.37. The van der Waals surface area contributed by atoms with E-state index >= 15 is 0 Å².